The largest absolute Gasteiger partial charge is 0.458 e. The number of nitrogens with two attached hydrogens (primary N) is 1. The van der Waals surface area contributed by atoms with Crippen molar-refractivity contribution >= 4 is 29.6 Å². The molecule has 2 fully saturated rings. The molecule has 0 unspecified atom stereocenters. The second kappa shape index (κ2) is 10.3. The van der Waals surface area contributed by atoms with Crippen LogP contribution in [0.25, 0.3) is 0 Å². The van der Waals surface area contributed by atoms with Crippen molar-refractivity contribution in [2.75, 3.05) is 6.61 Å². The molecule has 1 spiro atoms. The maximum Gasteiger partial charge on any atom is 0.329 e. The van der Waals surface area contributed by atoms with Gasteiger partial charge in [-0.1, -0.05) is 20.3 Å². The molecule has 0 aromatic heterocycles. The lowest BCUT2D eigenvalue weighted by Crippen LogP contribution is -2.60. The fraction of sp³-hybridized carbons (Fsp3) is 0.750. The van der Waals surface area contributed by atoms with Crippen molar-refractivity contribution in [2.24, 2.45) is 11.7 Å². The second-order valence-electron chi connectivity index (χ2n) is 8.56. The number of aliphatic hydroxyl groups excluding tert-OH is 1. The third-order valence-corrected chi connectivity index (χ3v) is 5.94. The maximum atomic E-state index is 12.9. The van der Waals surface area contributed by atoms with Gasteiger partial charge in [-0.3, -0.25) is 19.2 Å². The Labute approximate surface area is 186 Å². The summed E-state index contributed by atoms with van der Waals surface area (Å²) >= 11 is 0. The van der Waals surface area contributed by atoms with Crippen LogP contribution in [-0.4, -0.2) is 77.1 Å². The number of hydrogen-bond donors (Lipinski definition) is 6. The number of carbonyl (C=O) groups excluding carboxylic acids is 5. The van der Waals surface area contributed by atoms with E-state index in [9.17, 15) is 24.0 Å². The molecule has 0 bridgehead atoms. The summed E-state index contributed by atoms with van der Waals surface area (Å²) in [6.45, 7) is 5.78. The molecule has 0 radical (unpaired) electrons. The number of esters is 1. The highest BCUT2D eigenvalue weighted by Crippen LogP contribution is 2.36. The van der Waals surface area contributed by atoms with Crippen molar-refractivity contribution in [3.05, 3.63) is 0 Å². The van der Waals surface area contributed by atoms with E-state index >= 15 is 0 Å². The van der Waals surface area contributed by atoms with Crippen LogP contribution in [0.4, 0.5) is 0 Å². The normalized spacial score (nSPS) is 30.3. The molecular weight excluding hydrogens is 422 g/mol. The van der Waals surface area contributed by atoms with Gasteiger partial charge in [0.05, 0.1) is 6.61 Å². The summed E-state index contributed by atoms with van der Waals surface area (Å²) < 4.78 is 5.46. The van der Waals surface area contributed by atoms with Crippen molar-refractivity contribution in [1.29, 1.82) is 0 Å². The molecule has 1 saturated heterocycles. The van der Waals surface area contributed by atoms with Gasteiger partial charge < -0.3 is 36.8 Å². The Kier molecular flexibility index (Phi) is 8.18. The van der Waals surface area contributed by atoms with Crippen molar-refractivity contribution in [1.82, 2.24) is 21.3 Å². The highest BCUT2D eigenvalue weighted by molar-refractivity contribution is 5.99. The van der Waals surface area contributed by atoms with Crippen molar-refractivity contribution in [2.45, 2.75) is 82.8 Å². The topological polar surface area (TPSA) is 189 Å². The SMILES string of the molecule is CC[C@H](C)[C@@H]1NC(=O)C2(CC2)NC(=O)[C@H](C)NC(=O)[C@H](NC(=O)[C@@H](N)CO)[C@H](C)OC1=O. The number of carbonyl (C=O) groups is 5. The summed E-state index contributed by atoms with van der Waals surface area (Å²) in [7, 11) is 0. The molecule has 1 aliphatic heterocycles. The first kappa shape index (κ1) is 25.5. The Morgan fingerprint density at radius 3 is 2.38 bits per heavy atom. The lowest BCUT2D eigenvalue weighted by Gasteiger charge is -2.29. The molecule has 4 amide bonds. The van der Waals surface area contributed by atoms with Crippen molar-refractivity contribution in [3.63, 3.8) is 0 Å². The maximum absolute atomic E-state index is 12.9. The molecule has 2 aliphatic rings. The van der Waals surface area contributed by atoms with E-state index in [-0.39, 0.29) is 5.92 Å². The van der Waals surface area contributed by atoms with Gasteiger partial charge in [0.25, 0.3) is 0 Å². The van der Waals surface area contributed by atoms with Gasteiger partial charge in [0.15, 0.2) is 0 Å². The zero-order chi connectivity index (χ0) is 24.2. The van der Waals surface area contributed by atoms with Crippen molar-refractivity contribution < 1.29 is 33.8 Å². The Hall–Kier alpha value is -2.73. The molecule has 6 atom stereocenters. The first-order valence-corrected chi connectivity index (χ1v) is 10.8. The summed E-state index contributed by atoms with van der Waals surface area (Å²) in [6, 6.07) is -4.73. The van der Waals surface area contributed by atoms with Crippen LogP contribution >= 0.6 is 0 Å². The lowest BCUT2D eigenvalue weighted by atomic mass is 9.98. The van der Waals surface area contributed by atoms with Gasteiger partial charge in [0.2, 0.25) is 23.6 Å². The summed E-state index contributed by atoms with van der Waals surface area (Å²) in [4.78, 5) is 63.5. The molecule has 32 heavy (non-hydrogen) atoms. The summed E-state index contributed by atoms with van der Waals surface area (Å²) in [5.74, 6) is -3.75. The van der Waals surface area contributed by atoms with Gasteiger partial charge in [0.1, 0.15) is 35.8 Å². The fourth-order valence-electron chi connectivity index (χ4n) is 3.26. The first-order chi connectivity index (χ1) is 15.0. The zero-order valence-electron chi connectivity index (χ0n) is 18.8. The summed E-state index contributed by atoms with van der Waals surface area (Å²) in [5.41, 5.74) is 4.38. The van der Waals surface area contributed by atoms with Gasteiger partial charge in [-0.15, -0.1) is 0 Å². The Morgan fingerprint density at radius 2 is 1.84 bits per heavy atom. The molecule has 2 rings (SSSR count). The minimum atomic E-state index is -1.39. The molecule has 0 aromatic carbocycles. The average molecular weight is 456 g/mol. The van der Waals surface area contributed by atoms with Crippen LogP contribution in [0.3, 0.4) is 0 Å². The number of ether oxygens (including phenoxy) is 1. The van der Waals surface area contributed by atoms with Gasteiger partial charge in [-0.05, 0) is 32.6 Å². The minimum absolute atomic E-state index is 0.293. The minimum Gasteiger partial charge on any atom is -0.458 e. The highest BCUT2D eigenvalue weighted by atomic mass is 16.5. The molecule has 1 saturated carbocycles. The number of aliphatic hydroxyl groups is 1. The average Bonchev–Trinajstić information content (AvgIpc) is 3.53. The van der Waals surface area contributed by atoms with E-state index in [4.69, 9.17) is 15.6 Å². The van der Waals surface area contributed by atoms with E-state index in [0.29, 0.717) is 19.3 Å². The Balaban J connectivity index is 2.38. The molecule has 180 valence electrons. The number of nitrogens with one attached hydrogen (secondary N) is 4. The lowest BCUT2D eigenvalue weighted by molar-refractivity contribution is -0.157. The number of hydrogen-bond acceptors (Lipinski definition) is 8. The number of amides is 4. The Morgan fingerprint density at radius 1 is 1.22 bits per heavy atom. The molecular formula is C20H33N5O7. The van der Waals surface area contributed by atoms with Crippen LogP contribution in [0, 0.1) is 5.92 Å². The smallest absolute Gasteiger partial charge is 0.329 e. The van der Waals surface area contributed by atoms with Crippen molar-refractivity contribution in [3.8, 4) is 0 Å². The molecule has 12 heteroatoms. The molecule has 1 heterocycles. The van der Waals surface area contributed by atoms with Gasteiger partial charge in [-0.2, -0.15) is 0 Å². The highest BCUT2D eigenvalue weighted by Gasteiger charge is 2.53. The van der Waals surface area contributed by atoms with E-state index in [2.05, 4.69) is 21.3 Å². The predicted molar refractivity (Wildman–Crippen MR) is 112 cm³/mol. The molecule has 1 aliphatic carbocycles. The molecule has 7 N–H and O–H groups in total. The molecule has 0 aromatic rings. The second-order valence-corrected chi connectivity index (χ2v) is 8.56. The standard InChI is InChI=1S/C20H33N5O7/c1-5-9(2)13-18(30)32-11(4)14(23-16(28)12(21)8-26)17(29)22-10(3)15(27)25-20(6-7-20)19(31)24-13/h9-14,26H,5-8,21H2,1-4H3,(H,22,29)(H,23,28)(H,24,31)(H,25,27)/t9-,10-,11-,12-,13-,14+/m0/s1. The van der Waals surface area contributed by atoms with E-state index in [0.717, 1.165) is 0 Å². The first-order valence-electron chi connectivity index (χ1n) is 10.8. The van der Waals surface area contributed by atoms with Crippen LogP contribution in [-0.2, 0) is 28.7 Å². The van der Waals surface area contributed by atoms with Gasteiger partial charge in [0, 0.05) is 0 Å². The zero-order valence-corrected chi connectivity index (χ0v) is 18.8. The third kappa shape index (κ3) is 5.74. The van der Waals surface area contributed by atoms with Crippen LogP contribution in [0.1, 0.15) is 47.0 Å². The van der Waals surface area contributed by atoms with Crippen LogP contribution in [0.15, 0.2) is 0 Å². The Bertz CT molecular complexity index is 769. The molecule has 12 nitrogen and oxygen atoms in total. The quantitative estimate of drug-likeness (QED) is 0.244. The number of cyclic esters (lactones) is 1. The van der Waals surface area contributed by atoms with Gasteiger partial charge >= 0.3 is 5.97 Å². The van der Waals surface area contributed by atoms with E-state index in [1.807, 2.05) is 6.92 Å². The summed E-state index contributed by atoms with van der Waals surface area (Å²) in [5, 5.41) is 19.3. The van der Waals surface area contributed by atoms with E-state index < -0.39 is 72.0 Å². The van der Waals surface area contributed by atoms with E-state index in [1.165, 1.54) is 13.8 Å². The van der Waals surface area contributed by atoms with Gasteiger partial charge in [-0.25, -0.2) is 4.79 Å². The predicted octanol–water partition coefficient (Wildman–Crippen LogP) is -2.58. The van der Waals surface area contributed by atoms with E-state index in [1.54, 1.807) is 6.92 Å². The third-order valence-electron chi connectivity index (χ3n) is 5.94. The summed E-state index contributed by atoms with van der Waals surface area (Å²) in [6.07, 6.45) is 0.201. The fourth-order valence-corrected chi connectivity index (χ4v) is 3.26. The monoisotopic (exact) mass is 455 g/mol. The van der Waals surface area contributed by atoms with Crippen LogP contribution < -0.4 is 27.0 Å². The van der Waals surface area contributed by atoms with Crippen LogP contribution in [0.2, 0.25) is 0 Å². The van der Waals surface area contributed by atoms with Crippen LogP contribution in [0.5, 0.6) is 0 Å². The number of rotatable bonds is 5.